The van der Waals surface area contributed by atoms with Gasteiger partial charge in [-0.15, -0.1) is 0 Å². The summed E-state index contributed by atoms with van der Waals surface area (Å²) in [4.78, 5) is 2.45. The average molecular weight is 166 g/mol. The fourth-order valence-corrected chi connectivity index (χ4v) is 2.83. The quantitative estimate of drug-likeness (QED) is 0.555. The number of piperidine rings is 1. The predicted octanol–water partition coefficient (Wildman–Crippen LogP) is -0.0146. The number of hydrogen-bond acceptors (Lipinski definition) is 2. The van der Waals surface area contributed by atoms with Crippen molar-refractivity contribution in [2.24, 2.45) is 17.1 Å². The van der Waals surface area contributed by atoms with Gasteiger partial charge in [-0.2, -0.15) is 0 Å². The lowest BCUT2D eigenvalue weighted by atomic mass is 9.57. The van der Waals surface area contributed by atoms with Crippen LogP contribution in [-0.2, 0) is 0 Å². The van der Waals surface area contributed by atoms with E-state index in [4.69, 9.17) is 5.73 Å². The van der Waals surface area contributed by atoms with Crippen molar-refractivity contribution in [2.75, 3.05) is 19.6 Å². The molecule has 2 aliphatic rings. The number of hydrogen-bond donors (Lipinski definition) is 1. The van der Waals surface area contributed by atoms with Gasteiger partial charge < -0.3 is 10.5 Å². The Morgan fingerprint density at radius 1 is 1.33 bits per heavy atom. The molecule has 0 unspecified atom stereocenters. The molecule has 0 radical (unpaired) electrons. The molecule has 12 heavy (non-hydrogen) atoms. The summed E-state index contributed by atoms with van der Waals surface area (Å²) < 4.78 is 0. The van der Waals surface area contributed by atoms with Crippen LogP contribution in [0, 0.1) is 11.3 Å². The van der Waals surface area contributed by atoms with E-state index in [-0.39, 0.29) is 0 Å². The summed E-state index contributed by atoms with van der Waals surface area (Å²) in [6.07, 6.45) is 5.66. The first-order valence-electron chi connectivity index (χ1n) is 5.13. The highest BCUT2D eigenvalue weighted by Gasteiger charge is 2.44. The smallest absolute Gasteiger partial charge is 0.185 e. The third kappa shape index (κ3) is 1.40. The summed E-state index contributed by atoms with van der Waals surface area (Å²) in [5.74, 6) is 0.855. The molecular weight excluding hydrogens is 147 g/mol. The zero-order valence-corrected chi connectivity index (χ0v) is 8.05. The van der Waals surface area contributed by atoms with Crippen LogP contribution in [0.4, 0.5) is 0 Å². The third-order valence-corrected chi connectivity index (χ3v) is 3.82. The van der Waals surface area contributed by atoms with Crippen molar-refractivity contribution < 1.29 is 0 Å². The van der Waals surface area contributed by atoms with Crippen LogP contribution in [0.2, 0.25) is 0 Å². The first kappa shape index (κ1) is 8.58. The lowest BCUT2D eigenvalue weighted by molar-refractivity contribution is 0.00920. The zero-order valence-electron chi connectivity index (χ0n) is 8.05. The highest BCUT2D eigenvalue weighted by Crippen LogP contribution is 2.51. The number of nitrogens with two attached hydrogens (primary N) is 1. The predicted molar refractivity (Wildman–Crippen MR) is 53.6 cm³/mol. The Hall–Kier alpha value is -0.0151. The molecule has 2 rings (SSSR count). The van der Waals surface area contributed by atoms with Crippen molar-refractivity contribution in [3.05, 3.63) is 0 Å². The molecule has 1 aliphatic heterocycles. The van der Waals surface area contributed by atoms with E-state index in [9.17, 15) is 0 Å². The highest BCUT2D eigenvalue weighted by molar-refractivity contribution is 6.04. The fraction of sp³-hybridized carbons (Fsp3) is 1.00. The Balaban J connectivity index is 1.83. The number of nitrogens with zero attached hydrogens (tertiary/aromatic N) is 1. The SMILES string of the molecule is BN1CCC2(CC1)CC(CN)C2. The van der Waals surface area contributed by atoms with E-state index >= 15 is 0 Å². The minimum Gasteiger partial charge on any atom is -0.349 e. The molecule has 0 aromatic heterocycles. The normalized spacial score (nSPS) is 30.4. The Bertz CT molecular complexity index is 148. The van der Waals surface area contributed by atoms with Gasteiger partial charge in [0.15, 0.2) is 7.98 Å². The summed E-state index contributed by atoms with van der Waals surface area (Å²) in [7, 11) is 2.23. The Morgan fingerprint density at radius 3 is 2.42 bits per heavy atom. The highest BCUT2D eigenvalue weighted by atomic mass is 15.0. The summed E-state index contributed by atoms with van der Waals surface area (Å²) in [6, 6.07) is 0. The van der Waals surface area contributed by atoms with E-state index < -0.39 is 0 Å². The minimum absolute atomic E-state index is 0.733. The molecule has 0 bridgehead atoms. The lowest BCUT2D eigenvalue weighted by Gasteiger charge is -2.52. The molecule has 1 saturated heterocycles. The van der Waals surface area contributed by atoms with Gasteiger partial charge in [0.2, 0.25) is 0 Å². The van der Waals surface area contributed by atoms with Gasteiger partial charge in [-0.25, -0.2) is 0 Å². The summed E-state index contributed by atoms with van der Waals surface area (Å²) in [6.45, 7) is 3.52. The Kier molecular flexibility index (Phi) is 2.17. The molecule has 0 aromatic carbocycles. The second kappa shape index (κ2) is 3.04. The first-order chi connectivity index (χ1) is 5.74. The van der Waals surface area contributed by atoms with Crippen molar-refractivity contribution in [3.8, 4) is 0 Å². The maximum absolute atomic E-state index is 5.64. The molecule has 0 amide bonds. The molecule has 1 heterocycles. The van der Waals surface area contributed by atoms with E-state index in [1.165, 1.54) is 38.8 Å². The van der Waals surface area contributed by atoms with Crippen LogP contribution in [0.25, 0.3) is 0 Å². The second-order valence-electron chi connectivity index (χ2n) is 4.81. The van der Waals surface area contributed by atoms with Gasteiger partial charge >= 0.3 is 0 Å². The summed E-state index contributed by atoms with van der Waals surface area (Å²) in [5.41, 5.74) is 6.37. The van der Waals surface area contributed by atoms with Crippen LogP contribution in [0.15, 0.2) is 0 Å². The van der Waals surface area contributed by atoms with Gasteiger partial charge in [-0.3, -0.25) is 0 Å². The Labute approximate surface area is 75.9 Å². The molecular formula is C9H19BN2. The van der Waals surface area contributed by atoms with Crippen molar-refractivity contribution in [1.82, 2.24) is 4.81 Å². The molecule has 1 saturated carbocycles. The maximum Gasteiger partial charge on any atom is 0.185 e. The van der Waals surface area contributed by atoms with E-state index in [1.54, 1.807) is 0 Å². The van der Waals surface area contributed by atoms with Crippen molar-refractivity contribution in [2.45, 2.75) is 25.7 Å². The summed E-state index contributed by atoms with van der Waals surface area (Å²) >= 11 is 0. The van der Waals surface area contributed by atoms with E-state index in [0.29, 0.717) is 0 Å². The second-order valence-corrected chi connectivity index (χ2v) is 4.81. The van der Waals surface area contributed by atoms with Gasteiger partial charge in [0.25, 0.3) is 0 Å². The monoisotopic (exact) mass is 166 g/mol. The minimum atomic E-state index is 0.733. The molecule has 2 N–H and O–H groups in total. The van der Waals surface area contributed by atoms with Crippen molar-refractivity contribution in [3.63, 3.8) is 0 Å². The summed E-state index contributed by atoms with van der Waals surface area (Å²) in [5, 5.41) is 0. The standard InChI is InChI=1S/C9H19BN2/c10-12-3-1-9(2-4-12)5-8(6-9)7-11/h8H,1-7,10-11H2. The van der Waals surface area contributed by atoms with Crippen LogP contribution < -0.4 is 5.73 Å². The van der Waals surface area contributed by atoms with Gasteiger partial charge in [0, 0.05) is 0 Å². The topological polar surface area (TPSA) is 29.3 Å². The van der Waals surface area contributed by atoms with E-state index in [2.05, 4.69) is 12.8 Å². The largest absolute Gasteiger partial charge is 0.349 e. The zero-order chi connectivity index (χ0) is 8.60. The van der Waals surface area contributed by atoms with Crippen molar-refractivity contribution >= 4 is 7.98 Å². The molecule has 1 aliphatic carbocycles. The molecule has 0 atom stereocenters. The molecule has 0 aromatic rings. The van der Waals surface area contributed by atoms with Gasteiger partial charge in [0.1, 0.15) is 0 Å². The first-order valence-corrected chi connectivity index (χ1v) is 5.13. The van der Waals surface area contributed by atoms with Crippen molar-refractivity contribution in [1.29, 1.82) is 0 Å². The molecule has 2 nitrogen and oxygen atoms in total. The van der Waals surface area contributed by atoms with Crippen LogP contribution in [0.3, 0.4) is 0 Å². The van der Waals surface area contributed by atoms with E-state index in [0.717, 1.165) is 17.9 Å². The van der Waals surface area contributed by atoms with Crippen LogP contribution in [-0.4, -0.2) is 32.4 Å². The third-order valence-electron chi connectivity index (χ3n) is 3.82. The number of rotatable bonds is 1. The molecule has 1 spiro atoms. The van der Waals surface area contributed by atoms with Crippen LogP contribution in [0.5, 0.6) is 0 Å². The lowest BCUT2D eigenvalue weighted by Crippen LogP contribution is -2.48. The van der Waals surface area contributed by atoms with Gasteiger partial charge in [0.05, 0.1) is 0 Å². The maximum atomic E-state index is 5.64. The average Bonchev–Trinajstić information content (AvgIpc) is 2.02. The van der Waals surface area contributed by atoms with Crippen LogP contribution >= 0.6 is 0 Å². The molecule has 2 fully saturated rings. The Morgan fingerprint density at radius 2 is 1.92 bits per heavy atom. The van der Waals surface area contributed by atoms with Crippen LogP contribution in [0.1, 0.15) is 25.7 Å². The molecule has 68 valence electrons. The molecule has 3 heteroatoms. The van der Waals surface area contributed by atoms with Gasteiger partial charge in [-0.1, -0.05) is 0 Å². The van der Waals surface area contributed by atoms with E-state index in [1.807, 2.05) is 0 Å². The fourth-order valence-electron chi connectivity index (χ4n) is 2.83. The van der Waals surface area contributed by atoms with Gasteiger partial charge in [-0.05, 0) is 56.7 Å².